The normalized spacial score (nSPS) is 15.6. The van der Waals surface area contributed by atoms with Gasteiger partial charge in [-0.1, -0.05) is 18.2 Å². The summed E-state index contributed by atoms with van der Waals surface area (Å²) in [4.78, 5) is 25.1. The number of methoxy groups -OCH3 is 2. The van der Waals surface area contributed by atoms with Crippen LogP contribution in [0.4, 0.5) is 5.69 Å². The highest BCUT2D eigenvalue weighted by Crippen LogP contribution is 2.28. The van der Waals surface area contributed by atoms with Crippen LogP contribution in [0, 0.1) is 0 Å². The monoisotopic (exact) mass is 398 g/mol. The number of rotatable bonds is 8. The number of amides is 2. The van der Waals surface area contributed by atoms with Crippen LogP contribution in [-0.2, 0) is 16.0 Å². The number of carbonyl (C=O) groups is 2. The van der Waals surface area contributed by atoms with Gasteiger partial charge in [0.1, 0.15) is 0 Å². The Morgan fingerprint density at radius 3 is 2.62 bits per heavy atom. The van der Waals surface area contributed by atoms with E-state index in [0.29, 0.717) is 29.3 Å². The third-order valence-electron chi connectivity index (χ3n) is 4.77. The van der Waals surface area contributed by atoms with E-state index in [9.17, 15) is 9.59 Å². The molecule has 0 spiro atoms. The van der Waals surface area contributed by atoms with Gasteiger partial charge < -0.3 is 24.8 Å². The second-order valence-electron chi connectivity index (χ2n) is 6.80. The third kappa shape index (κ3) is 5.48. The minimum atomic E-state index is -0.234. The van der Waals surface area contributed by atoms with Crippen LogP contribution in [-0.4, -0.2) is 45.3 Å². The molecule has 0 aromatic heterocycles. The van der Waals surface area contributed by atoms with Crippen LogP contribution in [0.25, 0.3) is 0 Å². The smallest absolute Gasteiger partial charge is 0.253 e. The van der Waals surface area contributed by atoms with Crippen molar-refractivity contribution in [3.05, 3.63) is 53.6 Å². The predicted molar refractivity (Wildman–Crippen MR) is 110 cm³/mol. The van der Waals surface area contributed by atoms with E-state index in [0.717, 1.165) is 25.0 Å². The molecule has 1 aliphatic heterocycles. The molecule has 1 heterocycles. The van der Waals surface area contributed by atoms with Crippen LogP contribution in [0.1, 0.15) is 28.8 Å². The number of benzene rings is 2. The minimum Gasteiger partial charge on any atom is -0.493 e. The van der Waals surface area contributed by atoms with Crippen molar-refractivity contribution in [3.63, 3.8) is 0 Å². The minimum absolute atomic E-state index is 0.0609. The molecule has 0 bridgehead atoms. The highest BCUT2D eigenvalue weighted by molar-refractivity contribution is 6.04. The summed E-state index contributed by atoms with van der Waals surface area (Å²) in [5.41, 5.74) is 1.68. The van der Waals surface area contributed by atoms with Crippen molar-refractivity contribution in [2.45, 2.75) is 25.4 Å². The van der Waals surface area contributed by atoms with Gasteiger partial charge in [0.25, 0.3) is 5.91 Å². The summed E-state index contributed by atoms with van der Waals surface area (Å²) in [6, 6.07) is 12.3. The summed E-state index contributed by atoms with van der Waals surface area (Å²) in [7, 11) is 3.11. The molecule has 7 heteroatoms. The molecule has 2 amide bonds. The SMILES string of the molecule is COc1ccc(CC(=O)Nc2ccccc2C(=O)NC[C@@H]2CCCO2)cc1OC. The molecule has 0 unspecified atom stereocenters. The van der Waals surface area contributed by atoms with Gasteiger partial charge in [-0.15, -0.1) is 0 Å². The molecule has 0 saturated carbocycles. The van der Waals surface area contributed by atoms with Gasteiger partial charge in [-0.2, -0.15) is 0 Å². The number of anilines is 1. The van der Waals surface area contributed by atoms with Gasteiger partial charge in [-0.25, -0.2) is 0 Å². The zero-order valence-corrected chi connectivity index (χ0v) is 16.7. The lowest BCUT2D eigenvalue weighted by Gasteiger charge is -2.14. The lowest BCUT2D eigenvalue weighted by Crippen LogP contribution is -2.32. The average Bonchev–Trinajstić information content (AvgIpc) is 3.26. The number of hydrogen-bond donors (Lipinski definition) is 2. The van der Waals surface area contributed by atoms with E-state index in [2.05, 4.69) is 10.6 Å². The van der Waals surface area contributed by atoms with Crippen molar-refractivity contribution >= 4 is 17.5 Å². The lowest BCUT2D eigenvalue weighted by atomic mass is 10.1. The Bertz CT molecular complexity index is 862. The molecule has 0 aliphatic carbocycles. The summed E-state index contributed by atoms with van der Waals surface area (Å²) in [5.74, 6) is 0.704. The lowest BCUT2D eigenvalue weighted by molar-refractivity contribution is -0.115. The Morgan fingerprint density at radius 1 is 1.10 bits per heavy atom. The van der Waals surface area contributed by atoms with Crippen LogP contribution in [0.2, 0.25) is 0 Å². The Balaban J connectivity index is 1.63. The Kier molecular flexibility index (Phi) is 7.08. The van der Waals surface area contributed by atoms with Crippen molar-refractivity contribution < 1.29 is 23.8 Å². The molecular formula is C22H26N2O5. The molecule has 29 heavy (non-hydrogen) atoms. The van der Waals surface area contributed by atoms with Gasteiger partial charge >= 0.3 is 0 Å². The molecule has 2 aromatic carbocycles. The van der Waals surface area contributed by atoms with Crippen LogP contribution >= 0.6 is 0 Å². The van der Waals surface area contributed by atoms with Crippen LogP contribution in [0.15, 0.2) is 42.5 Å². The van der Waals surface area contributed by atoms with Crippen molar-refractivity contribution in [3.8, 4) is 11.5 Å². The molecule has 1 aliphatic rings. The molecule has 2 aromatic rings. The van der Waals surface area contributed by atoms with Gasteiger partial charge in [0.2, 0.25) is 5.91 Å². The largest absolute Gasteiger partial charge is 0.493 e. The molecule has 3 rings (SSSR count). The Morgan fingerprint density at radius 2 is 1.90 bits per heavy atom. The predicted octanol–water partition coefficient (Wildman–Crippen LogP) is 2.79. The molecule has 1 atom stereocenters. The summed E-state index contributed by atoms with van der Waals surface area (Å²) in [6.45, 7) is 1.20. The van der Waals surface area contributed by atoms with E-state index in [4.69, 9.17) is 14.2 Å². The summed E-state index contributed by atoms with van der Waals surface area (Å²) in [5, 5.41) is 5.72. The summed E-state index contributed by atoms with van der Waals surface area (Å²) < 4.78 is 16.0. The molecule has 0 radical (unpaired) electrons. The van der Waals surface area contributed by atoms with E-state index in [1.807, 2.05) is 0 Å². The quantitative estimate of drug-likeness (QED) is 0.714. The average molecular weight is 398 g/mol. The first-order chi connectivity index (χ1) is 14.1. The molecule has 7 nitrogen and oxygen atoms in total. The maximum atomic E-state index is 12.6. The number of para-hydroxylation sites is 1. The third-order valence-corrected chi connectivity index (χ3v) is 4.77. The van der Waals surface area contributed by atoms with Gasteiger partial charge in [0, 0.05) is 13.2 Å². The first kappa shape index (κ1) is 20.7. The standard InChI is InChI=1S/C22H26N2O5/c1-27-19-10-9-15(12-20(19)28-2)13-21(25)24-18-8-4-3-7-17(18)22(26)23-14-16-6-5-11-29-16/h3-4,7-10,12,16H,5-6,11,13-14H2,1-2H3,(H,23,26)(H,24,25)/t16-/m0/s1. The first-order valence-electron chi connectivity index (χ1n) is 9.60. The zero-order valence-electron chi connectivity index (χ0n) is 16.7. The summed E-state index contributed by atoms with van der Waals surface area (Å²) >= 11 is 0. The fraction of sp³-hybridized carbons (Fsp3) is 0.364. The van der Waals surface area contributed by atoms with Crippen molar-refractivity contribution in [2.24, 2.45) is 0 Å². The van der Waals surface area contributed by atoms with Gasteiger partial charge in [-0.3, -0.25) is 9.59 Å². The number of nitrogens with one attached hydrogen (secondary N) is 2. The topological polar surface area (TPSA) is 85.9 Å². The fourth-order valence-electron chi connectivity index (χ4n) is 3.27. The van der Waals surface area contributed by atoms with Crippen molar-refractivity contribution in [2.75, 3.05) is 32.7 Å². The second kappa shape index (κ2) is 9.93. The van der Waals surface area contributed by atoms with Gasteiger partial charge in [-0.05, 0) is 42.7 Å². The molecule has 154 valence electrons. The Hall–Kier alpha value is -3.06. The highest BCUT2D eigenvalue weighted by atomic mass is 16.5. The highest BCUT2D eigenvalue weighted by Gasteiger charge is 2.18. The molecule has 2 N–H and O–H groups in total. The molecule has 1 fully saturated rings. The second-order valence-corrected chi connectivity index (χ2v) is 6.80. The zero-order chi connectivity index (χ0) is 20.6. The Labute approximate surface area is 170 Å². The van der Waals surface area contributed by atoms with Crippen LogP contribution in [0.5, 0.6) is 11.5 Å². The van der Waals surface area contributed by atoms with Crippen LogP contribution < -0.4 is 20.1 Å². The van der Waals surface area contributed by atoms with E-state index in [1.165, 1.54) is 0 Å². The maximum absolute atomic E-state index is 12.6. The maximum Gasteiger partial charge on any atom is 0.253 e. The molecule has 1 saturated heterocycles. The van der Waals surface area contributed by atoms with Crippen LogP contribution in [0.3, 0.4) is 0 Å². The molecular weight excluding hydrogens is 372 g/mol. The number of carbonyl (C=O) groups excluding carboxylic acids is 2. The van der Waals surface area contributed by atoms with Crippen molar-refractivity contribution in [1.82, 2.24) is 5.32 Å². The van der Waals surface area contributed by atoms with Crippen molar-refractivity contribution in [1.29, 1.82) is 0 Å². The van der Waals surface area contributed by atoms with E-state index in [1.54, 1.807) is 56.7 Å². The number of ether oxygens (including phenoxy) is 3. The first-order valence-corrected chi connectivity index (χ1v) is 9.60. The fourth-order valence-corrected chi connectivity index (χ4v) is 3.27. The van der Waals surface area contributed by atoms with E-state index in [-0.39, 0.29) is 24.3 Å². The van der Waals surface area contributed by atoms with E-state index >= 15 is 0 Å². The van der Waals surface area contributed by atoms with Gasteiger partial charge in [0.05, 0.1) is 38.0 Å². The van der Waals surface area contributed by atoms with E-state index < -0.39 is 0 Å². The number of hydrogen-bond acceptors (Lipinski definition) is 5. The van der Waals surface area contributed by atoms with Gasteiger partial charge in [0.15, 0.2) is 11.5 Å². The summed E-state index contributed by atoms with van der Waals surface area (Å²) in [6.07, 6.45) is 2.17.